The smallest absolute Gasteiger partial charge is 0.300 e. The highest BCUT2D eigenvalue weighted by Gasteiger charge is 2.47. The van der Waals surface area contributed by atoms with Crippen LogP contribution in [0.25, 0.3) is 5.76 Å². The first-order chi connectivity index (χ1) is 16.9. The summed E-state index contributed by atoms with van der Waals surface area (Å²) in [5.41, 5.74) is 2.31. The molecule has 7 heteroatoms. The molecule has 1 fully saturated rings. The summed E-state index contributed by atoms with van der Waals surface area (Å²) in [4.78, 5) is 30.1. The van der Waals surface area contributed by atoms with Crippen molar-refractivity contribution in [2.75, 3.05) is 30.0 Å². The Labute approximate surface area is 204 Å². The Morgan fingerprint density at radius 1 is 0.971 bits per heavy atom. The molecule has 1 heterocycles. The number of rotatable bonds is 7. The Morgan fingerprint density at radius 2 is 1.66 bits per heavy atom. The Kier molecular flexibility index (Phi) is 6.78. The number of aromatic hydroxyl groups is 1. The molecule has 0 radical (unpaired) electrons. The molecular weight excluding hydrogens is 444 g/mol. The Bertz CT molecular complexity index is 1280. The summed E-state index contributed by atoms with van der Waals surface area (Å²) < 4.78 is 5.25. The van der Waals surface area contributed by atoms with Crippen LogP contribution >= 0.6 is 0 Å². The lowest BCUT2D eigenvalue weighted by Crippen LogP contribution is -2.29. The summed E-state index contributed by atoms with van der Waals surface area (Å²) in [6.07, 6.45) is 0. The van der Waals surface area contributed by atoms with Crippen LogP contribution in [0.5, 0.6) is 11.5 Å². The van der Waals surface area contributed by atoms with Crippen molar-refractivity contribution in [2.45, 2.75) is 19.9 Å². The molecule has 3 aromatic rings. The van der Waals surface area contributed by atoms with Crippen LogP contribution < -0.4 is 14.5 Å². The average molecular weight is 473 g/mol. The minimum Gasteiger partial charge on any atom is -0.508 e. The number of phenolic OH excluding ortho intramolecular Hbond substituents is 1. The van der Waals surface area contributed by atoms with Crippen molar-refractivity contribution in [1.29, 1.82) is 0 Å². The second kappa shape index (κ2) is 9.93. The van der Waals surface area contributed by atoms with E-state index in [2.05, 4.69) is 18.7 Å². The lowest BCUT2D eigenvalue weighted by Gasteiger charge is -2.27. The predicted octanol–water partition coefficient (Wildman–Crippen LogP) is 4.87. The van der Waals surface area contributed by atoms with Gasteiger partial charge in [0, 0.05) is 30.0 Å². The number of aliphatic hydroxyl groups is 1. The minimum atomic E-state index is -0.924. The molecule has 1 saturated heterocycles. The molecule has 7 nitrogen and oxygen atoms in total. The molecule has 1 unspecified atom stereocenters. The van der Waals surface area contributed by atoms with Gasteiger partial charge in [-0.15, -0.1) is 0 Å². The maximum atomic E-state index is 13.3. The SMILES string of the molecule is CCN(CC)c1ccc(N2C(=O)C(=O)/C(=C(\O)c3cccc(OC)c3)C2c2cccc(O)c2)cc1. The highest BCUT2D eigenvalue weighted by Crippen LogP contribution is 2.43. The number of carbonyl (C=O) groups is 2. The third kappa shape index (κ3) is 4.45. The molecule has 1 atom stereocenters. The van der Waals surface area contributed by atoms with Crippen molar-refractivity contribution in [3.05, 3.63) is 89.5 Å². The molecule has 180 valence electrons. The lowest BCUT2D eigenvalue weighted by atomic mass is 9.95. The predicted molar refractivity (Wildman–Crippen MR) is 136 cm³/mol. The van der Waals surface area contributed by atoms with Gasteiger partial charge < -0.3 is 19.8 Å². The molecule has 0 saturated carbocycles. The van der Waals surface area contributed by atoms with Gasteiger partial charge in [-0.05, 0) is 67.9 Å². The van der Waals surface area contributed by atoms with Crippen LogP contribution in [-0.2, 0) is 9.59 Å². The van der Waals surface area contributed by atoms with Gasteiger partial charge in [0.1, 0.15) is 17.3 Å². The zero-order valence-corrected chi connectivity index (χ0v) is 19.9. The number of nitrogens with zero attached hydrogens (tertiary/aromatic N) is 2. The maximum absolute atomic E-state index is 13.3. The van der Waals surface area contributed by atoms with Crippen molar-refractivity contribution >= 4 is 28.8 Å². The average Bonchev–Trinajstić information content (AvgIpc) is 3.15. The molecule has 0 aliphatic carbocycles. The second-order valence-corrected chi connectivity index (χ2v) is 8.18. The van der Waals surface area contributed by atoms with Crippen LogP contribution in [0.1, 0.15) is 31.0 Å². The van der Waals surface area contributed by atoms with E-state index in [1.165, 1.54) is 24.1 Å². The zero-order chi connectivity index (χ0) is 25.1. The Hall–Kier alpha value is -4.26. The molecule has 0 spiro atoms. The Morgan fingerprint density at radius 3 is 2.29 bits per heavy atom. The second-order valence-electron chi connectivity index (χ2n) is 8.18. The highest BCUT2D eigenvalue weighted by molar-refractivity contribution is 6.51. The molecule has 1 aliphatic rings. The van der Waals surface area contributed by atoms with Gasteiger partial charge in [0.25, 0.3) is 11.7 Å². The van der Waals surface area contributed by atoms with E-state index in [0.717, 1.165) is 18.8 Å². The fourth-order valence-electron chi connectivity index (χ4n) is 4.45. The van der Waals surface area contributed by atoms with E-state index in [4.69, 9.17) is 4.74 Å². The number of amides is 1. The molecule has 1 amide bonds. The van der Waals surface area contributed by atoms with Crippen LogP contribution in [0.3, 0.4) is 0 Å². The largest absolute Gasteiger partial charge is 0.508 e. The van der Waals surface area contributed by atoms with Gasteiger partial charge in [-0.2, -0.15) is 0 Å². The van der Waals surface area contributed by atoms with Crippen LogP contribution in [0.4, 0.5) is 11.4 Å². The number of aliphatic hydroxyl groups excluding tert-OH is 1. The van der Waals surface area contributed by atoms with Gasteiger partial charge in [0.2, 0.25) is 0 Å². The monoisotopic (exact) mass is 472 g/mol. The zero-order valence-electron chi connectivity index (χ0n) is 19.9. The van der Waals surface area contributed by atoms with E-state index in [9.17, 15) is 19.8 Å². The number of hydrogen-bond acceptors (Lipinski definition) is 6. The van der Waals surface area contributed by atoms with Crippen LogP contribution in [-0.4, -0.2) is 42.1 Å². The first-order valence-electron chi connectivity index (χ1n) is 11.5. The van der Waals surface area contributed by atoms with Crippen LogP contribution in [0.2, 0.25) is 0 Å². The van der Waals surface area contributed by atoms with E-state index in [1.807, 2.05) is 12.1 Å². The topological polar surface area (TPSA) is 90.3 Å². The normalized spacial score (nSPS) is 17.0. The van der Waals surface area contributed by atoms with Gasteiger partial charge in [-0.1, -0.05) is 24.3 Å². The van der Waals surface area contributed by atoms with E-state index < -0.39 is 17.7 Å². The number of ketones is 1. The first kappa shape index (κ1) is 23.9. The van der Waals surface area contributed by atoms with Gasteiger partial charge in [-0.25, -0.2) is 0 Å². The quantitative estimate of drug-likeness (QED) is 0.290. The van der Waals surface area contributed by atoms with E-state index >= 15 is 0 Å². The number of anilines is 2. The number of carbonyl (C=O) groups excluding carboxylic acids is 2. The Balaban J connectivity index is 1.88. The van der Waals surface area contributed by atoms with E-state index in [1.54, 1.807) is 48.5 Å². The van der Waals surface area contributed by atoms with Crippen LogP contribution in [0.15, 0.2) is 78.4 Å². The summed E-state index contributed by atoms with van der Waals surface area (Å²) in [6.45, 7) is 5.81. The molecule has 3 aromatic carbocycles. The molecule has 1 aliphatic heterocycles. The number of hydrogen-bond donors (Lipinski definition) is 2. The number of ether oxygens (including phenoxy) is 1. The molecule has 2 N–H and O–H groups in total. The van der Waals surface area contributed by atoms with E-state index in [-0.39, 0.29) is 17.1 Å². The highest BCUT2D eigenvalue weighted by atomic mass is 16.5. The lowest BCUT2D eigenvalue weighted by molar-refractivity contribution is -0.132. The first-order valence-corrected chi connectivity index (χ1v) is 11.5. The van der Waals surface area contributed by atoms with Crippen molar-refractivity contribution in [3.63, 3.8) is 0 Å². The van der Waals surface area contributed by atoms with Crippen molar-refractivity contribution in [2.24, 2.45) is 0 Å². The molecular formula is C28H28N2O5. The van der Waals surface area contributed by atoms with Crippen molar-refractivity contribution in [3.8, 4) is 11.5 Å². The summed E-state index contributed by atoms with van der Waals surface area (Å²) in [5.74, 6) is -1.36. The maximum Gasteiger partial charge on any atom is 0.300 e. The van der Waals surface area contributed by atoms with Crippen molar-refractivity contribution < 1.29 is 24.5 Å². The van der Waals surface area contributed by atoms with Gasteiger partial charge >= 0.3 is 0 Å². The van der Waals surface area contributed by atoms with E-state index in [0.29, 0.717) is 22.6 Å². The fraction of sp³-hybridized carbons (Fsp3) is 0.214. The van der Waals surface area contributed by atoms with Crippen molar-refractivity contribution in [1.82, 2.24) is 0 Å². The minimum absolute atomic E-state index is 0.00801. The molecule has 35 heavy (non-hydrogen) atoms. The number of benzene rings is 3. The number of methoxy groups -OCH3 is 1. The number of Topliss-reactive ketones (excluding diaryl/α,β-unsaturated/α-hetero) is 1. The van der Waals surface area contributed by atoms with Gasteiger partial charge in [0.05, 0.1) is 18.7 Å². The number of phenols is 1. The third-order valence-electron chi connectivity index (χ3n) is 6.23. The third-order valence-corrected chi connectivity index (χ3v) is 6.23. The summed E-state index contributed by atoms with van der Waals surface area (Å²) >= 11 is 0. The van der Waals surface area contributed by atoms with Gasteiger partial charge in [-0.3, -0.25) is 14.5 Å². The molecule has 0 aromatic heterocycles. The molecule has 0 bridgehead atoms. The summed E-state index contributed by atoms with van der Waals surface area (Å²) in [5, 5.41) is 21.4. The van der Waals surface area contributed by atoms with Crippen LogP contribution in [0, 0.1) is 0 Å². The molecule has 4 rings (SSSR count). The summed E-state index contributed by atoms with van der Waals surface area (Å²) in [7, 11) is 1.51. The summed E-state index contributed by atoms with van der Waals surface area (Å²) in [6, 6.07) is 19.5. The fourth-order valence-corrected chi connectivity index (χ4v) is 4.45. The van der Waals surface area contributed by atoms with Gasteiger partial charge in [0.15, 0.2) is 0 Å². The standard InChI is InChI=1S/C28H28N2O5/c1-4-29(5-2)20-12-14-21(15-13-20)30-25(18-8-6-10-22(31)16-18)24(27(33)28(30)34)26(32)19-9-7-11-23(17-19)35-3/h6-17,25,31-32H,4-5H2,1-3H3/b26-24-.